The van der Waals surface area contributed by atoms with Crippen LogP contribution in [0.4, 0.5) is 0 Å². The zero-order valence-corrected chi connectivity index (χ0v) is 18.3. The number of hydroxylamine groups is 4. The number of hydrogen-bond donors (Lipinski definition) is 0. The Hall–Kier alpha value is -3.84. The van der Waals surface area contributed by atoms with Gasteiger partial charge in [0.05, 0.1) is 0 Å². The maximum Gasteiger partial charge on any atom is 0.333 e. The number of carbonyl (C=O) groups excluding carboxylic acids is 8. The molecule has 0 atom stereocenters. The average molecular weight is 517 g/mol. The minimum Gasteiger partial charge on any atom is -0.462 e. The Balaban J connectivity index is 0.00000612. The zero-order valence-electron chi connectivity index (χ0n) is 18.3. The molecule has 0 aliphatic carbocycles. The second-order valence-electron chi connectivity index (χ2n) is 7.24. The van der Waals surface area contributed by atoms with Crippen molar-refractivity contribution in [2.24, 2.45) is 0 Å². The second-order valence-corrected chi connectivity index (χ2v) is 7.24. The van der Waals surface area contributed by atoms with E-state index in [1.165, 1.54) is 0 Å². The van der Waals surface area contributed by atoms with Crippen LogP contribution < -0.4 is 0 Å². The number of imide groups is 2. The van der Waals surface area contributed by atoms with Crippen molar-refractivity contribution in [2.45, 2.75) is 79.1 Å². The van der Waals surface area contributed by atoms with Crippen molar-refractivity contribution < 1.29 is 57.5 Å². The smallest absolute Gasteiger partial charge is 0.333 e. The highest BCUT2D eigenvalue weighted by Crippen LogP contribution is 2.14. The molecule has 2 heterocycles. The van der Waals surface area contributed by atoms with Crippen molar-refractivity contribution in [1.29, 1.82) is 0 Å². The van der Waals surface area contributed by atoms with Gasteiger partial charge in [-0.15, -0.1) is 10.1 Å². The lowest BCUT2D eigenvalue weighted by Gasteiger charge is -2.12. The van der Waals surface area contributed by atoms with Crippen molar-refractivity contribution in [3.05, 3.63) is 0 Å². The Kier molecular flexibility index (Phi) is 14.2. The third-order valence-electron chi connectivity index (χ3n) is 4.53. The Morgan fingerprint density at radius 1 is 0.528 bits per heavy atom. The SMILES string of the molecule is C.C.O=C(CCCC(=O)ON1C(=O)CCC1=O)OCCOC(=O)CCCC(=O)ON1C(=O)CCC1=O. The maximum atomic E-state index is 11.6. The van der Waals surface area contributed by atoms with Crippen LogP contribution in [0.1, 0.15) is 79.1 Å². The summed E-state index contributed by atoms with van der Waals surface area (Å²) >= 11 is 0. The van der Waals surface area contributed by atoms with Crippen LogP contribution in [-0.4, -0.2) is 70.8 Å². The van der Waals surface area contributed by atoms with Gasteiger partial charge < -0.3 is 19.1 Å². The summed E-state index contributed by atoms with van der Waals surface area (Å²) in [6, 6.07) is 0. The molecule has 14 nitrogen and oxygen atoms in total. The minimum absolute atomic E-state index is 0. The van der Waals surface area contributed by atoms with Gasteiger partial charge in [-0.1, -0.05) is 14.9 Å². The zero-order chi connectivity index (χ0) is 25.1. The molecule has 2 aliphatic rings. The lowest BCUT2D eigenvalue weighted by Crippen LogP contribution is -2.32. The number of esters is 2. The first-order valence-electron chi connectivity index (χ1n) is 10.6. The van der Waals surface area contributed by atoms with Gasteiger partial charge in [0.25, 0.3) is 23.6 Å². The third kappa shape index (κ3) is 10.6. The van der Waals surface area contributed by atoms with E-state index in [0.717, 1.165) is 0 Å². The molecule has 2 saturated heterocycles. The lowest BCUT2D eigenvalue weighted by atomic mass is 10.2. The molecule has 2 fully saturated rings. The van der Waals surface area contributed by atoms with Gasteiger partial charge in [0, 0.05) is 51.4 Å². The Bertz CT molecular complexity index is 767. The molecule has 202 valence electrons. The van der Waals surface area contributed by atoms with Gasteiger partial charge in [0.2, 0.25) is 0 Å². The Labute approximate surface area is 208 Å². The molecule has 0 aromatic rings. The van der Waals surface area contributed by atoms with Gasteiger partial charge in [0.1, 0.15) is 13.2 Å². The molecule has 0 N–H and O–H groups in total. The third-order valence-corrected chi connectivity index (χ3v) is 4.53. The summed E-state index contributed by atoms with van der Waals surface area (Å²) in [4.78, 5) is 101. The number of amides is 4. The number of ether oxygens (including phenoxy) is 2. The predicted molar refractivity (Wildman–Crippen MR) is 117 cm³/mol. The molecule has 0 aromatic heterocycles. The van der Waals surface area contributed by atoms with Crippen LogP contribution in [0.25, 0.3) is 0 Å². The van der Waals surface area contributed by atoms with Crippen molar-refractivity contribution in [3.63, 3.8) is 0 Å². The molecular weight excluding hydrogens is 484 g/mol. The van der Waals surface area contributed by atoms with E-state index in [0.29, 0.717) is 10.1 Å². The maximum absolute atomic E-state index is 11.6. The van der Waals surface area contributed by atoms with Crippen molar-refractivity contribution in [1.82, 2.24) is 10.1 Å². The Morgan fingerprint density at radius 3 is 1.11 bits per heavy atom. The van der Waals surface area contributed by atoms with Crippen LogP contribution in [0.5, 0.6) is 0 Å². The highest BCUT2D eigenvalue weighted by atomic mass is 16.7. The molecular formula is C22H32N2O12. The van der Waals surface area contributed by atoms with Gasteiger partial charge in [0.15, 0.2) is 0 Å². The molecule has 0 aromatic carbocycles. The van der Waals surface area contributed by atoms with Crippen LogP contribution >= 0.6 is 0 Å². The molecule has 2 rings (SSSR count). The van der Waals surface area contributed by atoms with Gasteiger partial charge >= 0.3 is 23.9 Å². The van der Waals surface area contributed by atoms with E-state index < -0.39 is 47.5 Å². The van der Waals surface area contributed by atoms with E-state index in [2.05, 4.69) is 9.68 Å². The fraction of sp³-hybridized carbons (Fsp3) is 0.636. The van der Waals surface area contributed by atoms with Crippen LogP contribution in [0.15, 0.2) is 0 Å². The first-order valence-corrected chi connectivity index (χ1v) is 10.6. The summed E-state index contributed by atoms with van der Waals surface area (Å²) in [5, 5.41) is 0.848. The highest BCUT2D eigenvalue weighted by molar-refractivity contribution is 6.02. The van der Waals surface area contributed by atoms with Gasteiger partial charge in [-0.2, -0.15) is 0 Å². The summed E-state index contributed by atoms with van der Waals surface area (Å²) in [5.41, 5.74) is 0. The van der Waals surface area contributed by atoms with E-state index in [1.54, 1.807) is 0 Å². The molecule has 0 saturated carbocycles. The van der Waals surface area contributed by atoms with E-state index in [4.69, 9.17) is 9.47 Å². The number of rotatable bonds is 13. The molecule has 14 heteroatoms. The summed E-state index contributed by atoms with van der Waals surface area (Å²) in [5.74, 6) is -5.33. The summed E-state index contributed by atoms with van der Waals surface area (Å²) in [7, 11) is 0. The topological polar surface area (TPSA) is 180 Å². The van der Waals surface area contributed by atoms with E-state index in [1.807, 2.05) is 0 Å². The lowest BCUT2D eigenvalue weighted by molar-refractivity contribution is -0.197. The normalized spacial score (nSPS) is 14.7. The highest BCUT2D eigenvalue weighted by Gasteiger charge is 2.33. The van der Waals surface area contributed by atoms with Gasteiger partial charge in [-0.05, 0) is 12.8 Å². The quantitative estimate of drug-likeness (QED) is 0.192. The van der Waals surface area contributed by atoms with Crippen molar-refractivity contribution in [2.75, 3.05) is 13.2 Å². The predicted octanol–water partition coefficient (Wildman–Crippen LogP) is 0.900. The Morgan fingerprint density at radius 2 is 0.806 bits per heavy atom. The van der Waals surface area contributed by atoms with Gasteiger partial charge in [-0.3, -0.25) is 28.8 Å². The van der Waals surface area contributed by atoms with Crippen molar-refractivity contribution in [3.8, 4) is 0 Å². The molecule has 36 heavy (non-hydrogen) atoms. The van der Waals surface area contributed by atoms with Crippen LogP contribution in [0.2, 0.25) is 0 Å². The molecule has 0 radical (unpaired) electrons. The van der Waals surface area contributed by atoms with E-state index in [-0.39, 0.29) is 92.3 Å². The molecule has 0 bridgehead atoms. The van der Waals surface area contributed by atoms with Crippen LogP contribution in [0.3, 0.4) is 0 Å². The van der Waals surface area contributed by atoms with E-state index >= 15 is 0 Å². The minimum atomic E-state index is -0.826. The standard InChI is InChI=1S/C20H24N2O12.2CH4/c23-13-7-8-14(24)21(13)33-19(29)5-1-3-17(27)31-11-12-32-18(28)4-2-6-20(30)34-22-15(25)9-10-16(22)26;;/h1-12H2;2*1H4. The first kappa shape index (κ1) is 32.2. The van der Waals surface area contributed by atoms with Gasteiger partial charge in [-0.25, -0.2) is 9.59 Å². The second kappa shape index (κ2) is 15.9. The molecule has 0 spiro atoms. The average Bonchev–Trinajstić information content (AvgIpc) is 3.27. The summed E-state index contributed by atoms with van der Waals surface area (Å²) in [6.07, 6.45) is -0.594. The first-order chi connectivity index (χ1) is 16.2. The fourth-order valence-electron chi connectivity index (χ4n) is 2.82. The largest absolute Gasteiger partial charge is 0.462 e. The number of nitrogens with zero attached hydrogens (tertiary/aromatic N) is 2. The molecule has 0 unspecified atom stereocenters. The number of hydrogen-bond acceptors (Lipinski definition) is 12. The van der Waals surface area contributed by atoms with Crippen LogP contribution in [-0.2, 0) is 57.5 Å². The number of carbonyl (C=O) groups is 8. The fourth-order valence-corrected chi connectivity index (χ4v) is 2.82. The molecule has 4 amide bonds. The monoisotopic (exact) mass is 516 g/mol. The van der Waals surface area contributed by atoms with E-state index in [9.17, 15) is 38.4 Å². The van der Waals surface area contributed by atoms with Crippen LogP contribution in [0, 0.1) is 0 Å². The molecule has 2 aliphatic heterocycles. The summed E-state index contributed by atoms with van der Waals surface area (Å²) in [6.45, 7) is -0.431. The van der Waals surface area contributed by atoms with Crippen molar-refractivity contribution >= 4 is 47.5 Å². The summed E-state index contributed by atoms with van der Waals surface area (Å²) < 4.78 is 9.70.